The van der Waals surface area contributed by atoms with Gasteiger partial charge in [0.05, 0.1) is 6.20 Å². The number of alkyl halides is 2. The van der Waals surface area contributed by atoms with Gasteiger partial charge in [-0.3, -0.25) is 10.00 Å². The molecule has 3 rings (SSSR count). The van der Waals surface area contributed by atoms with Crippen molar-refractivity contribution in [3.63, 3.8) is 0 Å². The number of rotatable bonds is 6. The third-order valence-corrected chi connectivity index (χ3v) is 3.85. The first kappa shape index (κ1) is 18.6. The van der Waals surface area contributed by atoms with E-state index < -0.39 is 12.7 Å². The van der Waals surface area contributed by atoms with E-state index in [4.69, 9.17) is 9.15 Å². The van der Waals surface area contributed by atoms with E-state index in [9.17, 15) is 13.6 Å². The summed E-state index contributed by atoms with van der Waals surface area (Å²) < 4.78 is 42.0. The lowest BCUT2D eigenvalue weighted by molar-refractivity contribution is -0.0489. The molecule has 27 heavy (non-hydrogen) atoms. The highest BCUT2D eigenvalue weighted by molar-refractivity contribution is 5.91. The lowest BCUT2D eigenvalue weighted by atomic mass is 10.2. The van der Waals surface area contributed by atoms with E-state index >= 15 is 0 Å². The van der Waals surface area contributed by atoms with Crippen LogP contribution in [0.25, 0.3) is 11.1 Å². The molecule has 0 atom stereocenters. The second-order valence-corrected chi connectivity index (χ2v) is 5.59. The van der Waals surface area contributed by atoms with E-state index in [-0.39, 0.29) is 22.6 Å². The second kappa shape index (κ2) is 7.60. The summed E-state index contributed by atoms with van der Waals surface area (Å²) in [6.45, 7) is 0.710. The van der Waals surface area contributed by atoms with E-state index in [2.05, 4.69) is 20.1 Å². The van der Waals surface area contributed by atoms with Crippen molar-refractivity contribution in [3.8, 4) is 11.5 Å². The Hall–Kier alpha value is -3.17. The number of ether oxygens (including phenoxy) is 2. The summed E-state index contributed by atoms with van der Waals surface area (Å²) in [5.74, 6) is 0.691. The molecule has 0 aliphatic heterocycles. The average molecular weight is 380 g/mol. The van der Waals surface area contributed by atoms with E-state index in [1.807, 2.05) is 6.92 Å². The molecule has 3 aromatic rings. The summed E-state index contributed by atoms with van der Waals surface area (Å²) in [4.78, 5) is 16.4. The molecular weight excluding hydrogens is 362 g/mol. The lowest BCUT2D eigenvalue weighted by Gasteiger charge is -2.10. The van der Waals surface area contributed by atoms with Crippen LogP contribution in [-0.2, 0) is 19.9 Å². The highest BCUT2D eigenvalue weighted by Crippen LogP contribution is 2.34. The van der Waals surface area contributed by atoms with Crippen molar-refractivity contribution < 1.29 is 27.5 Å². The van der Waals surface area contributed by atoms with Gasteiger partial charge in [0.25, 0.3) is 0 Å². The fraction of sp³-hybridized carbons (Fsp3) is 0.353. The zero-order valence-electron chi connectivity index (χ0n) is 15.0. The number of hydrogen-bond donors (Lipinski definition) is 1. The van der Waals surface area contributed by atoms with Crippen LogP contribution in [0.3, 0.4) is 0 Å². The summed E-state index contributed by atoms with van der Waals surface area (Å²) in [5.41, 5.74) is 0.960. The van der Waals surface area contributed by atoms with Gasteiger partial charge < -0.3 is 13.9 Å². The molecule has 1 aromatic carbocycles. The van der Waals surface area contributed by atoms with Crippen LogP contribution in [-0.4, -0.2) is 27.5 Å². The van der Waals surface area contributed by atoms with Gasteiger partial charge in [0.1, 0.15) is 5.82 Å². The fourth-order valence-corrected chi connectivity index (χ4v) is 2.55. The van der Waals surface area contributed by atoms with Crippen molar-refractivity contribution in [3.05, 3.63) is 29.8 Å². The van der Waals surface area contributed by atoms with Gasteiger partial charge in [-0.25, -0.2) is 9.78 Å². The number of nitrogens with one attached hydrogen (secondary N) is 1. The summed E-state index contributed by atoms with van der Waals surface area (Å²) in [5, 5.41) is 6.70. The van der Waals surface area contributed by atoms with E-state index in [0.717, 1.165) is 5.56 Å². The molecule has 0 bridgehead atoms. The van der Waals surface area contributed by atoms with Crippen LogP contribution in [0, 0.1) is 0 Å². The first-order valence-corrected chi connectivity index (χ1v) is 8.29. The standard InChI is InChI=1S/C17H18F2N4O4/c1-4-9-8-20-23(3)15(9)22-17(24)26-11-7-6-10(25-16(18)19)13-14(11)27-12(5-2)21-13/h6-8,16H,4-5H2,1-3H3,(H,22,24). The van der Waals surface area contributed by atoms with E-state index in [0.29, 0.717) is 24.6 Å². The van der Waals surface area contributed by atoms with Gasteiger partial charge in [-0.05, 0) is 18.6 Å². The first-order chi connectivity index (χ1) is 12.9. The van der Waals surface area contributed by atoms with Crippen LogP contribution in [0.1, 0.15) is 25.3 Å². The molecular formula is C17H18F2N4O4. The summed E-state index contributed by atoms with van der Waals surface area (Å²) >= 11 is 0. The van der Waals surface area contributed by atoms with Gasteiger partial charge in [0.15, 0.2) is 22.9 Å². The van der Waals surface area contributed by atoms with Crippen LogP contribution in [0.15, 0.2) is 22.7 Å². The van der Waals surface area contributed by atoms with Crippen molar-refractivity contribution in [1.82, 2.24) is 14.8 Å². The zero-order chi connectivity index (χ0) is 19.6. The van der Waals surface area contributed by atoms with Gasteiger partial charge in [-0.1, -0.05) is 13.8 Å². The minimum absolute atomic E-state index is 0.0385. The molecule has 144 valence electrons. The largest absolute Gasteiger partial charge is 0.437 e. The van der Waals surface area contributed by atoms with Crippen LogP contribution in [0.2, 0.25) is 0 Å². The monoisotopic (exact) mass is 380 g/mol. The van der Waals surface area contributed by atoms with Crippen LogP contribution >= 0.6 is 0 Å². The van der Waals surface area contributed by atoms with Crippen molar-refractivity contribution in [2.75, 3.05) is 5.32 Å². The fourth-order valence-electron chi connectivity index (χ4n) is 2.55. The summed E-state index contributed by atoms with van der Waals surface area (Å²) in [7, 11) is 1.69. The molecule has 0 fully saturated rings. The Morgan fingerprint density at radius 1 is 1.30 bits per heavy atom. The Morgan fingerprint density at radius 2 is 2.04 bits per heavy atom. The minimum atomic E-state index is -3.01. The number of amides is 1. The molecule has 0 spiro atoms. The number of carbonyl (C=O) groups is 1. The second-order valence-electron chi connectivity index (χ2n) is 5.59. The predicted molar refractivity (Wildman–Crippen MR) is 92.3 cm³/mol. The maximum Gasteiger partial charge on any atom is 0.418 e. The van der Waals surface area contributed by atoms with Gasteiger partial charge >= 0.3 is 12.7 Å². The van der Waals surface area contributed by atoms with Gasteiger partial charge in [-0.15, -0.1) is 0 Å². The Kier molecular flexibility index (Phi) is 5.24. The SMILES string of the molecule is CCc1nc2c(OC(F)F)ccc(OC(=O)Nc3c(CC)cnn3C)c2o1. The molecule has 0 saturated carbocycles. The number of anilines is 1. The van der Waals surface area contributed by atoms with Crippen LogP contribution in [0.4, 0.5) is 19.4 Å². The average Bonchev–Trinajstić information content (AvgIpc) is 3.21. The lowest BCUT2D eigenvalue weighted by Crippen LogP contribution is -2.19. The third-order valence-electron chi connectivity index (χ3n) is 3.85. The number of nitrogens with zero attached hydrogens (tertiary/aromatic N) is 3. The van der Waals surface area contributed by atoms with Gasteiger partial charge in [-0.2, -0.15) is 13.9 Å². The normalized spacial score (nSPS) is 11.2. The van der Waals surface area contributed by atoms with Crippen LogP contribution < -0.4 is 14.8 Å². The Balaban J connectivity index is 1.89. The topological polar surface area (TPSA) is 91.4 Å². The number of benzene rings is 1. The molecule has 1 N–H and O–H groups in total. The molecule has 0 radical (unpaired) electrons. The number of aromatic nitrogens is 3. The first-order valence-electron chi connectivity index (χ1n) is 8.29. The molecule has 8 nitrogen and oxygen atoms in total. The molecule has 2 aromatic heterocycles. The maximum atomic E-state index is 12.6. The highest BCUT2D eigenvalue weighted by Gasteiger charge is 2.20. The summed E-state index contributed by atoms with van der Waals surface area (Å²) in [6.07, 6.45) is 1.99. The Bertz CT molecular complexity index is 967. The molecule has 0 saturated heterocycles. The van der Waals surface area contributed by atoms with Crippen molar-refractivity contribution in [2.24, 2.45) is 7.05 Å². The van der Waals surface area contributed by atoms with Crippen LogP contribution in [0.5, 0.6) is 11.5 Å². The smallest absolute Gasteiger partial charge is 0.418 e. The van der Waals surface area contributed by atoms with Gasteiger partial charge in [0.2, 0.25) is 5.58 Å². The van der Waals surface area contributed by atoms with E-state index in [1.54, 1.807) is 20.2 Å². The predicted octanol–water partition coefficient (Wildman–Crippen LogP) is 3.90. The van der Waals surface area contributed by atoms with E-state index in [1.165, 1.54) is 16.8 Å². The number of oxazole rings is 1. The summed E-state index contributed by atoms with van der Waals surface area (Å²) in [6, 6.07) is 2.56. The molecule has 2 heterocycles. The Labute approximate surface area is 153 Å². The molecule has 0 aliphatic carbocycles. The number of carbonyl (C=O) groups excluding carboxylic acids is 1. The quantitative estimate of drug-likeness (QED) is 0.697. The molecule has 0 aliphatic rings. The number of halogens is 2. The minimum Gasteiger partial charge on any atom is -0.437 e. The number of aryl methyl sites for hydroxylation is 3. The number of fused-ring (bicyclic) bond motifs is 1. The molecule has 10 heteroatoms. The highest BCUT2D eigenvalue weighted by atomic mass is 19.3. The molecule has 0 unspecified atom stereocenters. The maximum absolute atomic E-state index is 12.6. The Morgan fingerprint density at radius 3 is 2.70 bits per heavy atom. The number of hydrogen-bond acceptors (Lipinski definition) is 6. The van der Waals surface area contributed by atoms with Crippen molar-refractivity contribution in [1.29, 1.82) is 0 Å². The van der Waals surface area contributed by atoms with Gasteiger partial charge in [0, 0.05) is 19.0 Å². The van der Waals surface area contributed by atoms with Crippen molar-refractivity contribution >= 4 is 23.0 Å². The van der Waals surface area contributed by atoms with Crippen molar-refractivity contribution in [2.45, 2.75) is 33.3 Å². The molecule has 1 amide bonds. The third kappa shape index (κ3) is 3.83. The zero-order valence-corrected chi connectivity index (χ0v) is 15.0.